The lowest BCUT2D eigenvalue weighted by molar-refractivity contribution is 0.0696. The van der Waals surface area contributed by atoms with Crippen molar-refractivity contribution in [2.45, 2.75) is 6.61 Å². The summed E-state index contributed by atoms with van der Waals surface area (Å²) in [4.78, 5) is 10.9. The molecule has 6 nitrogen and oxygen atoms in total. The van der Waals surface area contributed by atoms with Crippen LogP contribution in [0.1, 0.15) is 16.1 Å². The molecule has 1 aromatic heterocycles. The molecule has 0 fully saturated rings. The largest absolute Gasteiger partial charge is 0.493 e. The predicted octanol–water partition coefficient (Wildman–Crippen LogP) is 2.61. The molecule has 1 heterocycles. The SMILES string of the molecule is COc1cc(C(=O)O)cc(Cl)c1OCc1ccno1. The second kappa shape index (κ2) is 5.62. The highest BCUT2D eigenvalue weighted by molar-refractivity contribution is 6.32. The molecule has 0 amide bonds. The van der Waals surface area contributed by atoms with Crippen LogP contribution in [0.15, 0.2) is 28.9 Å². The Labute approximate surface area is 113 Å². The Bertz CT molecular complexity index is 582. The topological polar surface area (TPSA) is 81.8 Å². The zero-order valence-electron chi connectivity index (χ0n) is 9.92. The predicted molar refractivity (Wildman–Crippen MR) is 65.8 cm³/mol. The van der Waals surface area contributed by atoms with E-state index in [9.17, 15) is 4.79 Å². The van der Waals surface area contributed by atoms with Crippen LogP contribution < -0.4 is 9.47 Å². The van der Waals surface area contributed by atoms with Crippen LogP contribution in [0.2, 0.25) is 5.02 Å². The molecule has 0 aliphatic heterocycles. The minimum atomic E-state index is -1.10. The van der Waals surface area contributed by atoms with E-state index in [1.807, 2.05) is 0 Å². The molecule has 0 saturated carbocycles. The van der Waals surface area contributed by atoms with Gasteiger partial charge in [-0.3, -0.25) is 0 Å². The first-order valence-electron chi connectivity index (χ1n) is 5.25. The van der Waals surface area contributed by atoms with Gasteiger partial charge < -0.3 is 19.1 Å². The summed E-state index contributed by atoms with van der Waals surface area (Å²) in [6, 6.07) is 4.28. The van der Waals surface area contributed by atoms with Crippen LogP contribution >= 0.6 is 11.6 Å². The zero-order chi connectivity index (χ0) is 13.8. The van der Waals surface area contributed by atoms with Crippen molar-refractivity contribution in [1.29, 1.82) is 0 Å². The van der Waals surface area contributed by atoms with Crippen molar-refractivity contribution in [3.8, 4) is 11.5 Å². The van der Waals surface area contributed by atoms with Gasteiger partial charge in [0.05, 0.1) is 23.9 Å². The molecule has 0 aliphatic carbocycles. The molecule has 100 valence electrons. The van der Waals surface area contributed by atoms with Gasteiger partial charge in [-0.05, 0) is 12.1 Å². The van der Waals surface area contributed by atoms with E-state index in [-0.39, 0.29) is 28.7 Å². The molecule has 1 aromatic carbocycles. The van der Waals surface area contributed by atoms with E-state index in [1.165, 1.54) is 25.4 Å². The molecule has 0 unspecified atom stereocenters. The second-order valence-electron chi connectivity index (χ2n) is 3.56. The van der Waals surface area contributed by atoms with E-state index in [0.29, 0.717) is 5.76 Å². The van der Waals surface area contributed by atoms with E-state index in [1.54, 1.807) is 6.07 Å². The van der Waals surface area contributed by atoms with Crippen molar-refractivity contribution in [2.24, 2.45) is 0 Å². The molecule has 0 atom stereocenters. The number of aromatic nitrogens is 1. The van der Waals surface area contributed by atoms with Crippen molar-refractivity contribution in [2.75, 3.05) is 7.11 Å². The summed E-state index contributed by atoms with van der Waals surface area (Å²) in [5.41, 5.74) is 0.0221. The quantitative estimate of drug-likeness (QED) is 0.908. The van der Waals surface area contributed by atoms with Crippen LogP contribution in [0, 0.1) is 0 Å². The molecular weight excluding hydrogens is 274 g/mol. The Morgan fingerprint density at radius 3 is 2.89 bits per heavy atom. The van der Waals surface area contributed by atoms with Crippen LogP contribution in [0.5, 0.6) is 11.5 Å². The highest BCUT2D eigenvalue weighted by atomic mass is 35.5. The Hall–Kier alpha value is -2.21. The maximum Gasteiger partial charge on any atom is 0.335 e. The van der Waals surface area contributed by atoms with Crippen molar-refractivity contribution >= 4 is 17.6 Å². The third-order valence-corrected chi connectivity index (χ3v) is 2.61. The fourth-order valence-electron chi connectivity index (χ4n) is 1.44. The molecule has 0 spiro atoms. The van der Waals surface area contributed by atoms with Gasteiger partial charge in [-0.2, -0.15) is 0 Å². The summed E-state index contributed by atoms with van der Waals surface area (Å²) >= 11 is 5.98. The average molecular weight is 284 g/mol. The van der Waals surface area contributed by atoms with Crippen molar-refractivity contribution < 1.29 is 23.9 Å². The molecule has 7 heteroatoms. The van der Waals surface area contributed by atoms with E-state index in [2.05, 4.69) is 5.16 Å². The summed E-state index contributed by atoms with van der Waals surface area (Å²) in [6.07, 6.45) is 1.49. The van der Waals surface area contributed by atoms with Gasteiger partial charge in [-0.15, -0.1) is 0 Å². The Morgan fingerprint density at radius 2 is 2.32 bits per heavy atom. The number of benzene rings is 1. The molecule has 2 rings (SSSR count). The molecule has 0 saturated heterocycles. The number of halogens is 1. The van der Waals surface area contributed by atoms with Crippen LogP contribution in [-0.2, 0) is 6.61 Å². The third-order valence-electron chi connectivity index (χ3n) is 2.33. The molecule has 0 radical (unpaired) electrons. The molecule has 0 aliphatic rings. The number of carboxylic acids is 1. The molecule has 0 bridgehead atoms. The number of carboxylic acid groups (broad SMARTS) is 1. The Morgan fingerprint density at radius 1 is 1.53 bits per heavy atom. The van der Waals surface area contributed by atoms with Crippen molar-refractivity contribution in [3.05, 3.63) is 40.7 Å². The van der Waals surface area contributed by atoms with Gasteiger partial charge in [0.25, 0.3) is 0 Å². The second-order valence-corrected chi connectivity index (χ2v) is 3.97. The average Bonchev–Trinajstić information content (AvgIpc) is 2.89. The Kier molecular flexibility index (Phi) is 3.91. The van der Waals surface area contributed by atoms with E-state index < -0.39 is 5.97 Å². The van der Waals surface area contributed by atoms with E-state index in [0.717, 1.165) is 0 Å². The minimum Gasteiger partial charge on any atom is -0.493 e. The van der Waals surface area contributed by atoms with Crippen LogP contribution in [0.4, 0.5) is 0 Å². The third kappa shape index (κ3) is 2.97. The van der Waals surface area contributed by atoms with Crippen molar-refractivity contribution in [1.82, 2.24) is 5.16 Å². The van der Waals surface area contributed by atoms with Crippen LogP contribution in [-0.4, -0.2) is 23.3 Å². The first-order chi connectivity index (χ1) is 9.11. The monoisotopic (exact) mass is 283 g/mol. The zero-order valence-corrected chi connectivity index (χ0v) is 10.7. The lowest BCUT2D eigenvalue weighted by Crippen LogP contribution is -2.01. The summed E-state index contributed by atoms with van der Waals surface area (Å²) < 4.78 is 15.4. The van der Waals surface area contributed by atoms with Crippen molar-refractivity contribution in [3.63, 3.8) is 0 Å². The van der Waals surface area contributed by atoms with E-state index in [4.69, 9.17) is 30.7 Å². The first-order valence-corrected chi connectivity index (χ1v) is 5.63. The minimum absolute atomic E-state index is 0.0221. The number of methoxy groups -OCH3 is 1. The summed E-state index contributed by atoms with van der Waals surface area (Å²) in [5, 5.41) is 12.6. The number of hydrogen-bond donors (Lipinski definition) is 1. The van der Waals surface area contributed by atoms with Gasteiger partial charge in [0.15, 0.2) is 17.3 Å². The molecule has 2 aromatic rings. The normalized spacial score (nSPS) is 10.2. The van der Waals surface area contributed by atoms with Gasteiger partial charge in [-0.1, -0.05) is 16.8 Å². The van der Waals surface area contributed by atoms with Gasteiger partial charge in [0.1, 0.15) is 6.61 Å². The van der Waals surface area contributed by atoms with Gasteiger partial charge in [-0.25, -0.2) is 4.79 Å². The maximum absolute atomic E-state index is 10.9. The highest BCUT2D eigenvalue weighted by Gasteiger charge is 2.15. The smallest absolute Gasteiger partial charge is 0.335 e. The summed E-state index contributed by atoms with van der Waals surface area (Å²) in [6.45, 7) is 0.114. The van der Waals surface area contributed by atoms with Crippen LogP contribution in [0.25, 0.3) is 0 Å². The number of carbonyl (C=O) groups is 1. The highest BCUT2D eigenvalue weighted by Crippen LogP contribution is 2.36. The fraction of sp³-hybridized carbons (Fsp3) is 0.167. The van der Waals surface area contributed by atoms with Crippen LogP contribution in [0.3, 0.4) is 0 Å². The maximum atomic E-state index is 10.9. The first kappa shape index (κ1) is 13.2. The standard InChI is InChI=1S/C12H10ClNO5/c1-17-10-5-7(12(15)16)4-9(13)11(10)18-6-8-2-3-14-19-8/h2-5H,6H2,1H3,(H,15,16). The fourth-order valence-corrected chi connectivity index (χ4v) is 1.71. The number of nitrogens with zero attached hydrogens (tertiary/aromatic N) is 1. The van der Waals surface area contributed by atoms with E-state index >= 15 is 0 Å². The molecular formula is C12H10ClNO5. The number of ether oxygens (including phenoxy) is 2. The lowest BCUT2D eigenvalue weighted by atomic mass is 10.2. The molecule has 1 N–H and O–H groups in total. The summed E-state index contributed by atoms with van der Waals surface area (Å²) in [5.74, 6) is -0.0857. The van der Waals surface area contributed by atoms with Gasteiger partial charge in [0.2, 0.25) is 0 Å². The molecule has 19 heavy (non-hydrogen) atoms. The number of rotatable bonds is 5. The summed E-state index contributed by atoms with van der Waals surface area (Å²) in [7, 11) is 1.40. The van der Waals surface area contributed by atoms with Gasteiger partial charge >= 0.3 is 5.97 Å². The number of hydrogen-bond acceptors (Lipinski definition) is 5. The number of aromatic carboxylic acids is 1. The Balaban J connectivity index is 2.26. The van der Waals surface area contributed by atoms with Gasteiger partial charge in [0, 0.05) is 6.07 Å². The lowest BCUT2D eigenvalue weighted by Gasteiger charge is -2.12.